The van der Waals surface area contributed by atoms with Crippen LogP contribution in [-0.2, 0) is 6.18 Å². The molecule has 2 aromatic heterocycles. The molecular weight excluding hydrogens is 369 g/mol. The Morgan fingerprint density at radius 3 is 2.69 bits per heavy atom. The van der Waals surface area contributed by atoms with E-state index < -0.39 is 17.6 Å². The largest absolute Gasteiger partial charge is 0.457 e. The van der Waals surface area contributed by atoms with Crippen molar-refractivity contribution in [2.24, 2.45) is 0 Å². The third-order valence-electron chi connectivity index (χ3n) is 3.65. The number of furan rings is 1. The van der Waals surface area contributed by atoms with Crippen LogP contribution in [0.2, 0.25) is 5.02 Å². The molecule has 0 radical (unpaired) electrons. The number of halogens is 4. The van der Waals surface area contributed by atoms with Gasteiger partial charge in [-0.15, -0.1) is 0 Å². The Morgan fingerprint density at radius 1 is 1.19 bits per heavy atom. The van der Waals surface area contributed by atoms with Gasteiger partial charge < -0.3 is 9.40 Å². The van der Waals surface area contributed by atoms with Gasteiger partial charge >= 0.3 is 11.9 Å². The Hall–Kier alpha value is -2.80. The number of aromatic nitrogens is 2. The molecule has 0 saturated heterocycles. The van der Waals surface area contributed by atoms with Gasteiger partial charge in [0.25, 0.3) is 0 Å². The van der Waals surface area contributed by atoms with Gasteiger partial charge in [0.2, 0.25) is 0 Å². The molecule has 0 bridgehead atoms. The number of rotatable bonds is 3. The van der Waals surface area contributed by atoms with E-state index in [1.807, 2.05) is 13.0 Å². The average molecular weight is 381 g/mol. The van der Waals surface area contributed by atoms with Gasteiger partial charge in [0, 0.05) is 10.6 Å². The maximum absolute atomic E-state index is 12.7. The number of H-pyrrole nitrogens is 1. The highest BCUT2D eigenvalue weighted by atomic mass is 35.5. The van der Waals surface area contributed by atoms with Crippen LogP contribution in [0, 0.1) is 6.92 Å². The van der Waals surface area contributed by atoms with Crippen LogP contribution in [0.25, 0.3) is 23.5 Å². The number of nitrogens with zero attached hydrogens (tertiary/aromatic N) is 1. The topological polar surface area (TPSA) is 58.9 Å². The molecule has 1 N–H and O–H groups in total. The fourth-order valence-electron chi connectivity index (χ4n) is 2.34. The molecule has 2 heterocycles. The molecule has 3 aromatic rings. The minimum absolute atomic E-state index is 0.127. The van der Waals surface area contributed by atoms with E-state index in [9.17, 15) is 18.0 Å². The van der Waals surface area contributed by atoms with Crippen molar-refractivity contribution in [3.63, 3.8) is 0 Å². The van der Waals surface area contributed by atoms with Crippen molar-refractivity contribution in [3.8, 4) is 11.3 Å². The monoisotopic (exact) mass is 380 g/mol. The third-order valence-corrected chi connectivity index (χ3v) is 4.06. The summed E-state index contributed by atoms with van der Waals surface area (Å²) in [5.74, 6) is 0.967. The van der Waals surface area contributed by atoms with Crippen molar-refractivity contribution in [2.75, 3.05) is 0 Å². The van der Waals surface area contributed by atoms with Crippen LogP contribution in [0.3, 0.4) is 0 Å². The first-order valence-electron chi connectivity index (χ1n) is 7.46. The second-order valence-corrected chi connectivity index (χ2v) is 5.88. The highest BCUT2D eigenvalue weighted by Crippen LogP contribution is 2.30. The summed E-state index contributed by atoms with van der Waals surface area (Å²) < 4.78 is 43.8. The molecule has 134 valence electrons. The minimum Gasteiger partial charge on any atom is -0.457 e. The predicted octanol–water partition coefficient (Wildman–Crippen LogP) is 5.18. The highest BCUT2D eigenvalue weighted by molar-refractivity contribution is 6.31. The summed E-state index contributed by atoms with van der Waals surface area (Å²) in [4.78, 5) is 16.4. The van der Waals surface area contributed by atoms with Crippen molar-refractivity contribution >= 4 is 23.8 Å². The van der Waals surface area contributed by atoms with E-state index in [-0.39, 0.29) is 5.69 Å². The van der Waals surface area contributed by atoms with Gasteiger partial charge in [0.05, 0.1) is 5.69 Å². The van der Waals surface area contributed by atoms with Gasteiger partial charge in [0.15, 0.2) is 0 Å². The number of nitrogens with one attached hydrogen (secondary N) is 1. The molecule has 0 aliphatic carbocycles. The summed E-state index contributed by atoms with van der Waals surface area (Å²) >= 11 is 6.09. The molecule has 4 nitrogen and oxygen atoms in total. The number of hydrogen-bond donors (Lipinski definition) is 1. The Bertz CT molecular complexity index is 1040. The van der Waals surface area contributed by atoms with E-state index >= 15 is 0 Å². The van der Waals surface area contributed by atoms with Crippen molar-refractivity contribution in [2.45, 2.75) is 13.1 Å². The van der Waals surface area contributed by atoms with Gasteiger partial charge in [0.1, 0.15) is 17.2 Å². The summed E-state index contributed by atoms with van der Waals surface area (Å²) in [7, 11) is 0. The van der Waals surface area contributed by atoms with Gasteiger partial charge in [-0.05, 0) is 48.9 Å². The van der Waals surface area contributed by atoms with Crippen molar-refractivity contribution in [3.05, 3.63) is 74.6 Å². The third kappa shape index (κ3) is 3.88. The highest BCUT2D eigenvalue weighted by Gasteiger charge is 2.32. The van der Waals surface area contributed by atoms with Crippen molar-refractivity contribution in [1.82, 2.24) is 9.97 Å². The second-order valence-electron chi connectivity index (χ2n) is 5.47. The Kier molecular flexibility index (Phi) is 4.73. The normalized spacial score (nSPS) is 12.0. The molecule has 26 heavy (non-hydrogen) atoms. The SMILES string of the molecule is Cc1c(Cl)cccc1-c1ccc(C=Cc2cc(C(F)(F)F)[nH]c(=O)n2)o1. The number of hydrogen-bond acceptors (Lipinski definition) is 3. The van der Waals surface area contributed by atoms with Crippen LogP contribution in [-0.4, -0.2) is 9.97 Å². The van der Waals surface area contributed by atoms with Crippen LogP contribution in [0.1, 0.15) is 22.7 Å². The number of alkyl halides is 3. The maximum atomic E-state index is 12.7. The van der Waals surface area contributed by atoms with Gasteiger partial charge in [-0.2, -0.15) is 18.2 Å². The number of aromatic amines is 1. The molecule has 0 fully saturated rings. The zero-order chi connectivity index (χ0) is 18.9. The van der Waals surface area contributed by atoms with E-state index in [1.165, 1.54) is 12.2 Å². The van der Waals surface area contributed by atoms with Crippen LogP contribution in [0.4, 0.5) is 13.2 Å². The smallest absolute Gasteiger partial charge is 0.431 e. The van der Waals surface area contributed by atoms with E-state index in [4.69, 9.17) is 16.0 Å². The lowest BCUT2D eigenvalue weighted by Gasteiger charge is -2.05. The lowest BCUT2D eigenvalue weighted by Crippen LogP contribution is -2.19. The molecule has 1 aromatic carbocycles. The summed E-state index contributed by atoms with van der Waals surface area (Å²) in [6.45, 7) is 1.86. The molecule has 0 atom stereocenters. The van der Waals surface area contributed by atoms with Gasteiger partial charge in [-0.25, -0.2) is 4.79 Å². The second kappa shape index (κ2) is 6.84. The molecule has 0 amide bonds. The summed E-state index contributed by atoms with van der Waals surface area (Å²) in [5.41, 5.74) is -0.699. The first-order valence-corrected chi connectivity index (χ1v) is 7.84. The lowest BCUT2D eigenvalue weighted by molar-refractivity contribution is -0.141. The molecule has 0 unspecified atom stereocenters. The van der Waals surface area contributed by atoms with Crippen molar-refractivity contribution < 1.29 is 17.6 Å². The maximum Gasteiger partial charge on any atom is 0.431 e. The van der Waals surface area contributed by atoms with Crippen LogP contribution in [0.15, 0.2) is 45.6 Å². The lowest BCUT2D eigenvalue weighted by atomic mass is 10.1. The average Bonchev–Trinajstić information content (AvgIpc) is 3.03. The Balaban J connectivity index is 1.89. The molecule has 3 rings (SSSR count). The van der Waals surface area contributed by atoms with Crippen LogP contribution in [0.5, 0.6) is 0 Å². The first kappa shape index (κ1) is 18.0. The number of benzene rings is 1. The van der Waals surface area contributed by atoms with E-state index in [0.717, 1.165) is 17.2 Å². The molecule has 0 aliphatic heterocycles. The summed E-state index contributed by atoms with van der Waals surface area (Å²) in [6, 6.07) is 9.54. The molecule has 0 spiro atoms. The zero-order valence-electron chi connectivity index (χ0n) is 13.4. The van der Waals surface area contributed by atoms with Crippen molar-refractivity contribution in [1.29, 1.82) is 0 Å². The quantitative estimate of drug-likeness (QED) is 0.681. The van der Waals surface area contributed by atoms with Crippen LogP contribution < -0.4 is 5.69 Å². The van der Waals surface area contributed by atoms with Gasteiger partial charge in [-0.3, -0.25) is 0 Å². The van der Waals surface area contributed by atoms with Gasteiger partial charge in [-0.1, -0.05) is 23.7 Å². The minimum atomic E-state index is -4.66. The van der Waals surface area contributed by atoms with E-state index in [2.05, 4.69) is 4.98 Å². The fraction of sp³-hybridized carbons (Fsp3) is 0.111. The molecular formula is C18H12ClF3N2O2. The summed E-state index contributed by atoms with van der Waals surface area (Å²) in [6.07, 6.45) is -1.95. The van der Waals surface area contributed by atoms with E-state index in [0.29, 0.717) is 16.5 Å². The predicted molar refractivity (Wildman–Crippen MR) is 92.7 cm³/mol. The molecule has 0 saturated carbocycles. The first-order chi connectivity index (χ1) is 12.2. The van der Waals surface area contributed by atoms with E-state index in [1.54, 1.807) is 29.2 Å². The van der Waals surface area contributed by atoms with Crippen LogP contribution >= 0.6 is 11.6 Å². The Morgan fingerprint density at radius 2 is 1.96 bits per heavy atom. The summed E-state index contributed by atoms with van der Waals surface area (Å²) in [5, 5.41) is 0.600. The molecule has 8 heteroatoms. The Labute approximate surface area is 151 Å². The fourth-order valence-corrected chi connectivity index (χ4v) is 2.52. The zero-order valence-corrected chi connectivity index (χ0v) is 14.2. The standard InChI is InChI=1S/C18H12ClF3N2O2/c1-10-13(3-2-4-14(10)19)15-8-7-12(26-15)6-5-11-9-16(18(20,21)22)24-17(25)23-11/h2-9H,1H3,(H,23,24,25). The molecule has 0 aliphatic rings.